The van der Waals surface area contributed by atoms with E-state index in [0.717, 1.165) is 5.56 Å². The van der Waals surface area contributed by atoms with Crippen molar-refractivity contribution in [1.29, 1.82) is 0 Å². The van der Waals surface area contributed by atoms with Crippen molar-refractivity contribution in [3.05, 3.63) is 29.8 Å². The molecule has 0 spiro atoms. The highest BCUT2D eigenvalue weighted by Crippen LogP contribution is 2.13. The van der Waals surface area contributed by atoms with Crippen LogP contribution in [0.2, 0.25) is 0 Å². The summed E-state index contributed by atoms with van der Waals surface area (Å²) in [5, 5.41) is 8.50. The van der Waals surface area contributed by atoms with Gasteiger partial charge in [-0.1, -0.05) is 12.1 Å². The molecule has 1 N–H and O–H groups in total. The van der Waals surface area contributed by atoms with Gasteiger partial charge >= 0.3 is 11.9 Å². The number of carbonyl (C=O) groups excluding carboxylic acids is 2. The van der Waals surface area contributed by atoms with Gasteiger partial charge in [-0.25, -0.2) is 4.79 Å². The van der Waals surface area contributed by atoms with Crippen LogP contribution in [0.15, 0.2) is 24.3 Å². The van der Waals surface area contributed by atoms with Crippen LogP contribution in [-0.4, -0.2) is 30.8 Å². The minimum Gasteiger partial charge on any atom is -0.469 e. The summed E-state index contributed by atoms with van der Waals surface area (Å²) in [5.41, 5.74) is 0.944. The molecule has 5 nitrogen and oxygen atoms in total. The van der Waals surface area contributed by atoms with E-state index in [-0.39, 0.29) is 5.97 Å². The van der Waals surface area contributed by atoms with Crippen molar-refractivity contribution in [3.8, 4) is 5.75 Å². The number of hydrogen-bond donors (Lipinski definition) is 1. The van der Waals surface area contributed by atoms with E-state index < -0.39 is 12.6 Å². The zero-order valence-electron chi connectivity index (χ0n) is 9.51. The van der Waals surface area contributed by atoms with Crippen molar-refractivity contribution >= 4 is 11.9 Å². The third-order valence-corrected chi connectivity index (χ3v) is 2.13. The molecule has 0 amide bonds. The Labute approximate surface area is 99.0 Å². The molecule has 17 heavy (non-hydrogen) atoms. The zero-order valence-corrected chi connectivity index (χ0v) is 9.51. The maximum atomic E-state index is 10.9. The lowest BCUT2D eigenvalue weighted by Crippen LogP contribution is -2.12. The average Bonchev–Trinajstić information content (AvgIpc) is 2.37. The minimum atomic E-state index is -0.702. The minimum absolute atomic E-state index is 0.263. The van der Waals surface area contributed by atoms with Crippen LogP contribution in [0, 0.1) is 0 Å². The Hall–Kier alpha value is -1.88. The molecule has 1 aromatic carbocycles. The number of aliphatic hydroxyl groups is 1. The number of aliphatic hydroxyl groups excluding tert-OH is 1. The molecule has 0 saturated heterocycles. The first-order valence-electron chi connectivity index (χ1n) is 5.13. The fourth-order valence-electron chi connectivity index (χ4n) is 1.24. The number of carbonyl (C=O) groups is 2. The Balaban J connectivity index is 2.50. The van der Waals surface area contributed by atoms with Crippen LogP contribution in [0.4, 0.5) is 0 Å². The van der Waals surface area contributed by atoms with Crippen molar-refractivity contribution in [3.63, 3.8) is 0 Å². The smallest absolute Gasteiger partial charge is 0.337 e. The van der Waals surface area contributed by atoms with Gasteiger partial charge in [-0.15, -0.1) is 0 Å². The van der Waals surface area contributed by atoms with Crippen LogP contribution >= 0.6 is 0 Å². The largest absolute Gasteiger partial charge is 0.469 e. The summed E-state index contributed by atoms with van der Waals surface area (Å²) < 4.78 is 9.31. The van der Waals surface area contributed by atoms with Gasteiger partial charge in [-0.2, -0.15) is 0 Å². The van der Waals surface area contributed by atoms with Gasteiger partial charge in [0, 0.05) is 6.42 Å². The monoisotopic (exact) mass is 238 g/mol. The standard InChI is InChI=1S/C12H14O5/c1-16-11(14)7-4-9-2-5-10(6-3-9)17-12(15)8-13/h2-3,5-6,13H,4,7-8H2,1H3. The predicted octanol–water partition coefficient (Wildman–Crippen LogP) is 0.690. The van der Waals surface area contributed by atoms with Crippen molar-refractivity contribution in [2.24, 2.45) is 0 Å². The topological polar surface area (TPSA) is 72.8 Å². The molecule has 0 saturated carbocycles. The highest BCUT2D eigenvalue weighted by Gasteiger charge is 2.04. The molecule has 5 heteroatoms. The molecule has 0 unspecified atom stereocenters. The van der Waals surface area contributed by atoms with E-state index in [2.05, 4.69) is 4.74 Å². The molecule has 92 valence electrons. The van der Waals surface area contributed by atoms with Crippen LogP contribution in [0.25, 0.3) is 0 Å². The van der Waals surface area contributed by atoms with Gasteiger partial charge in [0.05, 0.1) is 7.11 Å². The van der Waals surface area contributed by atoms with Gasteiger partial charge in [-0.05, 0) is 24.1 Å². The summed E-state index contributed by atoms with van der Waals surface area (Å²) in [6, 6.07) is 6.73. The zero-order chi connectivity index (χ0) is 12.7. The van der Waals surface area contributed by atoms with Crippen LogP contribution < -0.4 is 4.74 Å². The Bertz CT molecular complexity index is 382. The summed E-state index contributed by atoms with van der Waals surface area (Å²) in [7, 11) is 1.35. The molecule has 0 aliphatic carbocycles. The first-order valence-corrected chi connectivity index (χ1v) is 5.13. The summed E-state index contributed by atoms with van der Waals surface area (Å²) >= 11 is 0. The van der Waals surface area contributed by atoms with E-state index in [1.165, 1.54) is 7.11 Å². The molecule has 0 aliphatic heterocycles. The average molecular weight is 238 g/mol. The molecule has 1 aromatic rings. The van der Waals surface area contributed by atoms with Crippen molar-refractivity contribution in [1.82, 2.24) is 0 Å². The van der Waals surface area contributed by atoms with Crippen LogP contribution in [-0.2, 0) is 20.7 Å². The summed E-state index contributed by atoms with van der Waals surface area (Å²) in [5.74, 6) is -0.598. The summed E-state index contributed by atoms with van der Waals surface area (Å²) in [4.78, 5) is 21.7. The van der Waals surface area contributed by atoms with E-state index in [1.807, 2.05) is 0 Å². The third kappa shape index (κ3) is 4.65. The Morgan fingerprint density at radius 3 is 2.35 bits per heavy atom. The molecule has 0 fully saturated rings. The lowest BCUT2D eigenvalue weighted by atomic mass is 10.1. The maximum absolute atomic E-state index is 10.9. The fraction of sp³-hybridized carbons (Fsp3) is 0.333. The number of rotatable bonds is 5. The Kier molecular flexibility index (Phi) is 5.16. The number of aryl methyl sites for hydroxylation is 1. The molecular weight excluding hydrogens is 224 g/mol. The molecule has 0 radical (unpaired) electrons. The first-order chi connectivity index (χ1) is 8.15. The molecule has 0 heterocycles. The highest BCUT2D eigenvalue weighted by atomic mass is 16.5. The number of methoxy groups -OCH3 is 1. The quantitative estimate of drug-likeness (QED) is 0.603. The van der Waals surface area contributed by atoms with Gasteiger partial charge in [-0.3, -0.25) is 4.79 Å². The Morgan fingerprint density at radius 1 is 1.18 bits per heavy atom. The lowest BCUT2D eigenvalue weighted by Gasteiger charge is -2.04. The van der Waals surface area contributed by atoms with Gasteiger partial charge in [0.15, 0.2) is 0 Å². The first kappa shape index (κ1) is 13.2. The molecular formula is C12H14O5. The second kappa shape index (κ2) is 6.65. The number of hydrogen-bond acceptors (Lipinski definition) is 5. The number of benzene rings is 1. The van der Waals surface area contributed by atoms with E-state index in [4.69, 9.17) is 9.84 Å². The predicted molar refractivity (Wildman–Crippen MR) is 59.5 cm³/mol. The summed E-state index contributed by atoms with van der Waals surface area (Å²) in [6.45, 7) is -0.649. The van der Waals surface area contributed by atoms with E-state index in [0.29, 0.717) is 18.6 Å². The second-order valence-electron chi connectivity index (χ2n) is 3.35. The van der Waals surface area contributed by atoms with Crippen molar-refractivity contribution in [2.45, 2.75) is 12.8 Å². The van der Waals surface area contributed by atoms with Crippen molar-refractivity contribution < 1.29 is 24.2 Å². The van der Waals surface area contributed by atoms with Gasteiger partial charge in [0.25, 0.3) is 0 Å². The lowest BCUT2D eigenvalue weighted by molar-refractivity contribution is -0.140. The van der Waals surface area contributed by atoms with E-state index in [1.54, 1.807) is 24.3 Å². The molecule has 0 atom stereocenters. The summed E-state index contributed by atoms with van der Waals surface area (Å²) in [6.07, 6.45) is 0.882. The number of ether oxygens (including phenoxy) is 2. The number of esters is 2. The molecule has 0 aliphatic rings. The molecule has 1 rings (SSSR count). The van der Waals surface area contributed by atoms with Gasteiger partial charge in [0.2, 0.25) is 0 Å². The molecule has 0 aromatic heterocycles. The SMILES string of the molecule is COC(=O)CCc1ccc(OC(=O)CO)cc1. The second-order valence-corrected chi connectivity index (χ2v) is 3.35. The van der Waals surface area contributed by atoms with Crippen LogP contribution in [0.1, 0.15) is 12.0 Å². The van der Waals surface area contributed by atoms with Crippen LogP contribution in [0.5, 0.6) is 5.75 Å². The third-order valence-electron chi connectivity index (χ3n) is 2.13. The fourth-order valence-corrected chi connectivity index (χ4v) is 1.24. The van der Waals surface area contributed by atoms with E-state index >= 15 is 0 Å². The maximum Gasteiger partial charge on any atom is 0.337 e. The van der Waals surface area contributed by atoms with E-state index in [9.17, 15) is 9.59 Å². The normalized spacial score (nSPS) is 9.76. The molecule has 0 bridgehead atoms. The van der Waals surface area contributed by atoms with Crippen molar-refractivity contribution in [2.75, 3.05) is 13.7 Å². The van der Waals surface area contributed by atoms with Gasteiger partial charge in [0.1, 0.15) is 12.4 Å². The van der Waals surface area contributed by atoms with Gasteiger partial charge < -0.3 is 14.6 Å². The highest BCUT2D eigenvalue weighted by molar-refractivity contribution is 5.73. The van der Waals surface area contributed by atoms with Crippen LogP contribution in [0.3, 0.4) is 0 Å². The Morgan fingerprint density at radius 2 is 1.82 bits per heavy atom.